The number of pyridine rings is 1. The van der Waals surface area contributed by atoms with Gasteiger partial charge in [0.05, 0.1) is 4.47 Å². The lowest BCUT2D eigenvalue weighted by molar-refractivity contribution is 0.101. The fourth-order valence-electron chi connectivity index (χ4n) is 1.40. The smallest absolute Gasteiger partial charge is 0.160 e. The zero-order valence-corrected chi connectivity index (χ0v) is 11.6. The molecular formula is C13H10BrNOS. The van der Waals surface area contributed by atoms with E-state index in [1.54, 1.807) is 13.1 Å². The molecule has 0 saturated carbocycles. The quantitative estimate of drug-likeness (QED) is 0.796. The van der Waals surface area contributed by atoms with Crippen LogP contribution in [0.25, 0.3) is 0 Å². The zero-order valence-electron chi connectivity index (χ0n) is 9.18. The maximum Gasteiger partial charge on any atom is 0.160 e. The summed E-state index contributed by atoms with van der Waals surface area (Å²) in [5.41, 5.74) is 0.732. The Bertz CT molecular complexity index is 557. The van der Waals surface area contributed by atoms with E-state index in [4.69, 9.17) is 0 Å². The summed E-state index contributed by atoms with van der Waals surface area (Å²) in [6.07, 6.45) is 1.74. The molecule has 4 heteroatoms. The molecule has 0 spiro atoms. The predicted octanol–water partition coefficient (Wildman–Crippen LogP) is 4.20. The number of rotatable bonds is 3. The summed E-state index contributed by atoms with van der Waals surface area (Å²) < 4.78 is 0.934. The van der Waals surface area contributed by atoms with Gasteiger partial charge < -0.3 is 0 Å². The molecule has 0 aliphatic rings. The molecule has 0 N–H and O–H groups in total. The van der Waals surface area contributed by atoms with E-state index in [0.29, 0.717) is 0 Å². The van der Waals surface area contributed by atoms with Crippen molar-refractivity contribution in [3.63, 3.8) is 0 Å². The Morgan fingerprint density at radius 1 is 1.24 bits per heavy atom. The number of benzene rings is 1. The molecule has 17 heavy (non-hydrogen) atoms. The Hall–Kier alpha value is -1.13. The Morgan fingerprint density at radius 3 is 2.71 bits per heavy atom. The van der Waals surface area contributed by atoms with Gasteiger partial charge in [-0.1, -0.05) is 30.0 Å². The molecule has 1 heterocycles. The van der Waals surface area contributed by atoms with Gasteiger partial charge in [-0.3, -0.25) is 4.79 Å². The van der Waals surface area contributed by atoms with Gasteiger partial charge in [-0.15, -0.1) is 0 Å². The standard InChI is InChI=1S/C13H10BrNOS/c1-9(16)10-5-2-3-7-12(10)17-13-11(14)6-4-8-15-13/h2-8H,1H3. The fourth-order valence-corrected chi connectivity index (χ4v) is 2.85. The van der Waals surface area contributed by atoms with Crippen molar-refractivity contribution in [1.82, 2.24) is 4.98 Å². The van der Waals surface area contributed by atoms with Crippen LogP contribution in [0.3, 0.4) is 0 Å². The molecule has 0 aliphatic heterocycles. The van der Waals surface area contributed by atoms with Gasteiger partial charge in [0.15, 0.2) is 5.78 Å². The van der Waals surface area contributed by atoms with Crippen molar-refractivity contribution in [3.05, 3.63) is 52.6 Å². The van der Waals surface area contributed by atoms with E-state index >= 15 is 0 Å². The Labute approximate surface area is 113 Å². The number of Topliss-reactive ketones (excluding diaryl/α,β-unsaturated/α-hetero) is 1. The van der Waals surface area contributed by atoms with Crippen LogP contribution in [0.15, 0.2) is 57.0 Å². The van der Waals surface area contributed by atoms with Crippen molar-refractivity contribution in [2.75, 3.05) is 0 Å². The average molecular weight is 308 g/mol. The minimum absolute atomic E-state index is 0.0696. The van der Waals surface area contributed by atoms with Crippen molar-refractivity contribution in [3.8, 4) is 0 Å². The highest BCUT2D eigenvalue weighted by atomic mass is 79.9. The van der Waals surface area contributed by atoms with Crippen LogP contribution in [-0.4, -0.2) is 10.8 Å². The van der Waals surface area contributed by atoms with Crippen LogP contribution < -0.4 is 0 Å². The minimum atomic E-state index is 0.0696. The lowest BCUT2D eigenvalue weighted by atomic mass is 10.1. The van der Waals surface area contributed by atoms with E-state index in [9.17, 15) is 4.79 Å². The van der Waals surface area contributed by atoms with Crippen molar-refractivity contribution in [1.29, 1.82) is 0 Å². The van der Waals surface area contributed by atoms with Crippen LogP contribution >= 0.6 is 27.7 Å². The van der Waals surface area contributed by atoms with Gasteiger partial charge in [0.25, 0.3) is 0 Å². The van der Waals surface area contributed by atoms with Crippen LogP contribution in [0.5, 0.6) is 0 Å². The van der Waals surface area contributed by atoms with E-state index in [1.807, 2.05) is 36.4 Å². The van der Waals surface area contributed by atoms with Crippen molar-refractivity contribution < 1.29 is 4.79 Å². The van der Waals surface area contributed by atoms with Crippen LogP contribution in [0.2, 0.25) is 0 Å². The van der Waals surface area contributed by atoms with E-state index in [-0.39, 0.29) is 5.78 Å². The van der Waals surface area contributed by atoms with Gasteiger partial charge in [0.1, 0.15) is 5.03 Å². The molecule has 86 valence electrons. The molecule has 0 aliphatic carbocycles. The average Bonchev–Trinajstić information content (AvgIpc) is 2.32. The first-order valence-corrected chi connectivity index (χ1v) is 6.68. The molecule has 1 aromatic carbocycles. The third-order valence-electron chi connectivity index (χ3n) is 2.20. The summed E-state index contributed by atoms with van der Waals surface area (Å²) in [6, 6.07) is 11.4. The SMILES string of the molecule is CC(=O)c1ccccc1Sc1ncccc1Br. The summed E-state index contributed by atoms with van der Waals surface area (Å²) in [5, 5.41) is 0.862. The monoisotopic (exact) mass is 307 g/mol. The first-order valence-electron chi connectivity index (χ1n) is 5.07. The molecule has 0 amide bonds. The number of nitrogens with zero attached hydrogens (tertiary/aromatic N) is 1. The summed E-state index contributed by atoms with van der Waals surface area (Å²) in [5.74, 6) is 0.0696. The number of carbonyl (C=O) groups excluding carboxylic acids is 1. The number of halogens is 1. The second-order valence-corrected chi connectivity index (χ2v) is 5.33. The zero-order chi connectivity index (χ0) is 12.3. The molecule has 0 radical (unpaired) electrons. The second-order valence-electron chi connectivity index (χ2n) is 3.44. The highest BCUT2D eigenvalue weighted by Crippen LogP contribution is 2.33. The van der Waals surface area contributed by atoms with Crippen LogP contribution in [0.1, 0.15) is 17.3 Å². The van der Waals surface area contributed by atoms with Gasteiger partial charge in [-0.2, -0.15) is 0 Å². The van der Waals surface area contributed by atoms with Crippen molar-refractivity contribution in [2.45, 2.75) is 16.8 Å². The molecule has 2 rings (SSSR count). The molecule has 0 bridgehead atoms. The van der Waals surface area contributed by atoms with E-state index < -0.39 is 0 Å². The number of hydrogen-bond donors (Lipinski definition) is 0. The largest absolute Gasteiger partial charge is 0.294 e. The summed E-state index contributed by atoms with van der Waals surface area (Å²) in [6.45, 7) is 1.58. The number of carbonyl (C=O) groups is 1. The summed E-state index contributed by atoms with van der Waals surface area (Å²) in [7, 11) is 0. The molecular weight excluding hydrogens is 298 g/mol. The minimum Gasteiger partial charge on any atom is -0.294 e. The number of ketones is 1. The predicted molar refractivity (Wildman–Crippen MR) is 72.5 cm³/mol. The Morgan fingerprint density at radius 2 is 2.00 bits per heavy atom. The third-order valence-corrected chi connectivity index (χ3v) is 4.19. The molecule has 1 aromatic heterocycles. The normalized spacial score (nSPS) is 10.2. The van der Waals surface area contributed by atoms with Crippen molar-refractivity contribution in [2.24, 2.45) is 0 Å². The van der Waals surface area contributed by atoms with Gasteiger partial charge in [0, 0.05) is 16.7 Å². The first kappa shape index (κ1) is 12.3. The maximum absolute atomic E-state index is 11.5. The lowest BCUT2D eigenvalue weighted by Crippen LogP contribution is -1.94. The summed E-state index contributed by atoms with van der Waals surface area (Å²) >= 11 is 4.94. The van der Waals surface area contributed by atoms with Crippen molar-refractivity contribution >= 4 is 33.5 Å². The molecule has 0 fully saturated rings. The molecule has 0 saturated heterocycles. The molecule has 2 aromatic rings. The molecule has 0 unspecified atom stereocenters. The van der Waals surface area contributed by atoms with Crippen LogP contribution in [-0.2, 0) is 0 Å². The highest BCUT2D eigenvalue weighted by molar-refractivity contribution is 9.10. The fraction of sp³-hybridized carbons (Fsp3) is 0.0769. The van der Waals surface area contributed by atoms with Gasteiger partial charge in [-0.05, 0) is 41.1 Å². The molecule has 0 atom stereocenters. The second kappa shape index (κ2) is 5.47. The summed E-state index contributed by atoms with van der Waals surface area (Å²) in [4.78, 5) is 16.7. The van der Waals surface area contributed by atoms with E-state index in [2.05, 4.69) is 20.9 Å². The maximum atomic E-state index is 11.5. The van der Waals surface area contributed by atoms with Gasteiger partial charge in [-0.25, -0.2) is 4.98 Å². The van der Waals surface area contributed by atoms with Gasteiger partial charge in [0.2, 0.25) is 0 Å². The molecule has 2 nitrogen and oxygen atoms in total. The topological polar surface area (TPSA) is 30.0 Å². The highest BCUT2D eigenvalue weighted by Gasteiger charge is 2.09. The third kappa shape index (κ3) is 2.96. The first-order chi connectivity index (χ1) is 8.18. The Balaban J connectivity index is 2.37. The van der Waals surface area contributed by atoms with E-state index in [1.165, 1.54) is 11.8 Å². The van der Waals surface area contributed by atoms with Crippen LogP contribution in [0, 0.1) is 0 Å². The van der Waals surface area contributed by atoms with Crippen LogP contribution in [0.4, 0.5) is 0 Å². The number of hydrogen-bond acceptors (Lipinski definition) is 3. The van der Waals surface area contributed by atoms with E-state index in [0.717, 1.165) is 20.0 Å². The Kier molecular flexibility index (Phi) is 3.97. The van der Waals surface area contributed by atoms with Gasteiger partial charge >= 0.3 is 0 Å². The lowest BCUT2D eigenvalue weighted by Gasteiger charge is -2.06. The number of aromatic nitrogens is 1.